The summed E-state index contributed by atoms with van der Waals surface area (Å²) < 4.78 is 3.25. The number of hydrogen-bond acceptors (Lipinski definition) is 6. The van der Waals surface area contributed by atoms with E-state index in [0.29, 0.717) is 22.5 Å². The van der Waals surface area contributed by atoms with E-state index in [1.165, 1.54) is 6.42 Å². The number of para-hydroxylation sites is 2. The summed E-state index contributed by atoms with van der Waals surface area (Å²) >= 11 is 0. The van der Waals surface area contributed by atoms with E-state index in [2.05, 4.69) is 25.7 Å². The van der Waals surface area contributed by atoms with Gasteiger partial charge in [0.2, 0.25) is 11.8 Å². The molecular weight excluding hydrogens is 504 g/mol. The molecule has 1 fully saturated rings. The SMILES string of the molecule is Cc1nn(C)cc1[C@@H](C(=O)NC1CCCCC1)N(C(=O)Cn1nnc2ccccc21)c1cnc2ccccc2c1. The third-order valence-corrected chi connectivity index (χ3v) is 7.63. The quantitative estimate of drug-likeness (QED) is 0.333. The number of amides is 2. The largest absolute Gasteiger partial charge is 0.351 e. The third-order valence-electron chi connectivity index (χ3n) is 7.63. The minimum atomic E-state index is -0.944. The first kappa shape index (κ1) is 25.7. The van der Waals surface area contributed by atoms with E-state index >= 15 is 0 Å². The van der Waals surface area contributed by atoms with Gasteiger partial charge in [0, 0.05) is 30.2 Å². The average molecular weight is 537 g/mol. The summed E-state index contributed by atoms with van der Waals surface area (Å²) in [7, 11) is 1.82. The zero-order valence-electron chi connectivity index (χ0n) is 22.7. The lowest BCUT2D eigenvalue weighted by Crippen LogP contribution is -2.48. The van der Waals surface area contributed by atoms with Crippen LogP contribution in [0.4, 0.5) is 5.69 Å². The highest BCUT2D eigenvalue weighted by Crippen LogP contribution is 2.32. The molecule has 2 amide bonds. The standard InChI is InChI=1S/C30H32N8O2/c1-20-24(18-36(2)34-20)29(30(40)32-22-11-4-3-5-12-22)38(23-16-21-10-6-7-13-25(21)31-17-23)28(39)19-37-27-15-9-8-14-26(27)33-35-37/h6-10,13-18,22,29H,3-5,11-12,19H2,1-2H3,(H,32,40)/t29-/m0/s1. The number of anilines is 1. The van der Waals surface area contributed by atoms with Gasteiger partial charge < -0.3 is 5.32 Å². The molecule has 0 radical (unpaired) electrons. The van der Waals surface area contributed by atoms with Crippen LogP contribution >= 0.6 is 0 Å². The summed E-state index contributed by atoms with van der Waals surface area (Å²) in [6.07, 6.45) is 8.68. The van der Waals surface area contributed by atoms with Crippen LogP contribution < -0.4 is 10.2 Å². The van der Waals surface area contributed by atoms with Crippen molar-refractivity contribution >= 4 is 39.4 Å². The lowest BCUT2D eigenvalue weighted by atomic mass is 9.94. The van der Waals surface area contributed by atoms with Gasteiger partial charge in [0.15, 0.2) is 0 Å². The number of pyridine rings is 1. The Morgan fingerprint density at radius 1 is 1.05 bits per heavy atom. The van der Waals surface area contributed by atoms with Crippen molar-refractivity contribution in [1.29, 1.82) is 0 Å². The van der Waals surface area contributed by atoms with Crippen LogP contribution in [0.25, 0.3) is 21.9 Å². The fourth-order valence-electron chi connectivity index (χ4n) is 5.68. The number of carbonyl (C=O) groups is 2. The number of fused-ring (bicyclic) bond motifs is 2. The van der Waals surface area contributed by atoms with E-state index in [-0.39, 0.29) is 24.4 Å². The Bertz CT molecular complexity index is 1680. The van der Waals surface area contributed by atoms with Gasteiger partial charge in [-0.15, -0.1) is 5.10 Å². The van der Waals surface area contributed by atoms with Crippen LogP contribution in [0.15, 0.2) is 67.0 Å². The van der Waals surface area contributed by atoms with Crippen LogP contribution in [0.1, 0.15) is 49.4 Å². The van der Waals surface area contributed by atoms with Gasteiger partial charge in [-0.1, -0.05) is 54.8 Å². The molecule has 2 aromatic carbocycles. The van der Waals surface area contributed by atoms with Crippen molar-refractivity contribution in [3.05, 3.63) is 78.2 Å². The van der Waals surface area contributed by atoms with Crippen molar-refractivity contribution in [2.24, 2.45) is 7.05 Å². The summed E-state index contributed by atoms with van der Waals surface area (Å²) in [6, 6.07) is 16.3. The number of aryl methyl sites for hydroxylation is 2. The minimum Gasteiger partial charge on any atom is -0.351 e. The Balaban J connectivity index is 1.46. The fourth-order valence-corrected chi connectivity index (χ4v) is 5.68. The van der Waals surface area contributed by atoms with Gasteiger partial charge in [-0.3, -0.25) is 24.2 Å². The van der Waals surface area contributed by atoms with Gasteiger partial charge >= 0.3 is 0 Å². The van der Waals surface area contributed by atoms with Gasteiger partial charge in [-0.25, -0.2) is 4.68 Å². The molecular formula is C30H32N8O2. The highest BCUT2D eigenvalue weighted by molar-refractivity contribution is 6.02. The first-order valence-electron chi connectivity index (χ1n) is 13.7. The maximum atomic E-state index is 14.3. The Hall–Kier alpha value is -4.60. The zero-order valence-corrected chi connectivity index (χ0v) is 22.7. The van der Waals surface area contributed by atoms with E-state index < -0.39 is 6.04 Å². The van der Waals surface area contributed by atoms with Crippen molar-refractivity contribution in [3.63, 3.8) is 0 Å². The summed E-state index contributed by atoms with van der Waals surface area (Å²) in [5.74, 6) is -0.535. The van der Waals surface area contributed by atoms with Crippen LogP contribution in [0.5, 0.6) is 0 Å². The second-order valence-electron chi connectivity index (χ2n) is 10.5. The molecule has 0 unspecified atom stereocenters. The molecule has 10 nitrogen and oxygen atoms in total. The summed E-state index contributed by atoms with van der Waals surface area (Å²) in [5.41, 5.74) is 4.13. The zero-order chi connectivity index (χ0) is 27.6. The molecule has 204 valence electrons. The fraction of sp³-hybridized carbons (Fsp3) is 0.333. The maximum Gasteiger partial charge on any atom is 0.249 e. The molecule has 0 spiro atoms. The number of nitrogens with zero attached hydrogens (tertiary/aromatic N) is 7. The Morgan fingerprint density at radius 3 is 2.58 bits per heavy atom. The second-order valence-corrected chi connectivity index (χ2v) is 10.5. The molecule has 3 heterocycles. The van der Waals surface area contributed by atoms with Gasteiger partial charge in [-0.2, -0.15) is 5.10 Å². The van der Waals surface area contributed by atoms with Crippen molar-refractivity contribution < 1.29 is 9.59 Å². The number of nitrogens with one attached hydrogen (secondary N) is 1. The van der Waals surface area contributed by atoms with Gasteiger partial charge in [0.25, 0.3) is 0 Å². The Kier molecular flexibility index (Phi) is 6.98. The second kappa shape index (κ2) is 10.9. The molecule has 1 saturated carbocycles. The number of hydrogen-bond donors (Lipinski definition) is 1. The monoisotopic (exact) mass is 536 g/mol. The molecule has 5 aromatic rings. The van der Waals surface area contributed by atoms with Crippen LogP contribution in [-0.2, 0) is 23.2 Å². The maximum absolute atomic E-state index is 14.3. The van der Waals surface area contributed by atoms with Crippen LogP contribution in [0, 0.1) is 6.92 Å². The average Bonchev–Trinajstić information content (AvgIpc) is 3.53. The highest BCUT2D eigenvalue weighted by atomic mass is 16.2. The smallest absolute Gasteiger partial charge is 0.249 e. The van der Waals surface area contributed by atoms with Crippen molar-refractivity contribution in [1.82, 2.24) is 35.1 Å². The minimum absolute atomic E-state index is 0.0756. The number of carbonyl (C=O) groups excluding carboxylic acids is 2. The number of rotatable bonds is 7. The van der Waals surface area contributed by atoms with E-state index in [0.717, 1.165) is 42.1 Å². The molecule has 0 saturated heterocycles. The molecule has 6 rings (SSSR count). The van der Waals surface area contributed by atoms with Crippen LogP contribution in [0.2, 0.25) is 0 Å². The summed E-state index contributed by atoms with van der Waals surface area (Å²) in [4.78, 5) is 34.7. The number of aromatic nitrogens is 6. The molecule has 1 aliphatic carbocycles. The van der Waals surface area contributed by atoms with Crippen LogP contribution in [-0.4, -0.2) is 47.6 Å². The first-order chi connectivity index (χ1) is 19.5. The third kappa shape index (κ3) is 5.04. The van der Waals surface area contributed by atoms with Gasteiger partial charge in [0.1, 0.15) is 18.1 Å². The first-order valence-corrected chi connectivity index (χ1v) is 13.7. The summed E-state index contributed by atoms with van der Waals surface area (Å²) in [6.45, 7) is 1.77. The van der Waals surface area contributed by atoms with Crippen molar-refractivity contribution in [2.75, 3.05) is 4.90 Å². The van der Waals surface area contributed by atoms with E-state index in [1.54, 1.807) is 20.5 Å². The molecule has 1 atom stereocenters. The molecule has 1 N–H and O–H groups in total. The van der Waals surface area contributed by atoms with Gasteiger partial charge in [-0.05, 0) is 44.0 Å². The molecule has 3 aromatic heterocycles. The molecule has 0 aliphatic heterocycles. The van der Waals surface area contributed by atoms with Crippen LogP contribution in [0.3, 0.4) is 0 Å². The molecule has 40 heavy (non-hydrogen) atoms. The van der Waals surface area contributed by atoms with Gasteiger partial charge in [0.05, 0.1) is 28.6 Å². The predicted molar refractivity (Wildman–Crippen MR) is 152 cm³/mol. The predicted octanol–water partition coefficient (Wildman–Crippen LogP) is 4.24. The topological polar surface area (TPSA) is 111 Å². The van der Waals surface area contributed by atoms with E-state index in [1.807, 2.05) is 74.8 Å². The van der Waals surface area contributed by atoms with E-state index in [4.69, 9.17) is 0 Å². The normalized spacial score (nSPS) is 14.8. The lowest BCUT2D eigenvalue weighted by Gasteiger charge is -2.33. The molecule has 0 bridgehead atoms. The highest BCUT2D eigenvalue weighted by Gasteiger charge is 2.36. The summed E-state index contributed by atoms with van der Waals surface area (Å²) in [5, 5.41) is 17.1. The molecule has 1 aliphatic rings. The Labute approximate surface area is 232 Å². The number of benzene rings is 2. The lowest BCUT2D eigenvalue weighted by molar-refractivity contribution is -0.127. The Morgan fingerprint density at radius 2 is 1.80 bits per heavy atom. The molecule has 10 heteroatoms. The van der Waals surface area contributed by atoms with E-state index in [9.17, 15) is 9.59 Å². The van der Waals surface area contributed by atoms with Crippen molar-refractivity contribution in [2.45, 2.75) is 57.7 Å². The van der Waals surface area contributed by atoms with Crippen molar-refractivity contribution in [3.8, 4) is 0 Å².